The van der Waals surface area contributed by atoms with E-state index in [0.717, 1.165) is 11.1 Å². The molecule has 0 spiro atoms. The topological polar surface area (TPSA) is 135 Å². The van der Waals surface area contributed by atoms with Gasteiger partial charge in [-0.25, -0.2) is 4.98 Å². The lowest BCUT2D eigenvalue weighted by Gasteiger charge is -2.16. The van der Waals surface area contributed by atoms with Crippen molar-refractivity contribution in [1.29, 1.82) is 0 Å². The molecule has 0 bridgehead atoms. The number of rotatable bonds is 4. The van der Waals surface area contributed by atoms with Gasteiger partial charge in [0.2, 0.25) is 5.03 Å². The minimum absolute atomic E-state index is 0.0640. The molecule has 8 nitrogen and oxygen atoms in total. The Bertz CT molecular complexity index is 1790. The van der Waals surface area contributed by atoms with Gasteiger partial charge >= 0.3 is 10.1 Å². The van der Waals surface area contributed by atoms with Crippen LogP contribution in [0.3, 0.4) is 0 Å². The first-order valence-electron chi connectivity index (χ1n) is 9.97. The van der Waals surface area contributed by atoms with Crippen molar-refractivity contribution in [3.63, 3.8) is 0 Å². The van der Waals surface area contributed by atoms with Crippen LogP contribution in [0.25, 0.3) is 44.1 Å². The van der Waals surface area contributed by atoms with E-state index in [9.17, 15) is 25.9 Å². The molecule has 2 N–H and O–H groups in total. The molecule has 0 amide bonds. The summed E-state index contributed by atoms with van der Waals surface area (Å²) in [7, 11) is -10.3. The maximum Gasteiger partial charge on any atom is 0.313 e. The van der Waals surface area contributed by atoms with E-state index in [2.05, 4.69) is 9.97 Å². The molecule has 0 aliphatic carbocycles. The van der Waals surface area contributed by atoms with Crippen LogP contribution in [0.1, 0.15) is 0 Å². The molecule has 170 valence electrons. The quantitative estimate of drug-likeness (QED) is 0.274. The van der Waals surface area contributed by atoms with E-state index in [1.165, 1.54) is 6.20 Å². The predicted octanol–water partition coefficient (Wildman–Crippen LogP) is 4.61. The van der Waals surface area contributed by atoms with Crippen molar-refractivity contribution in [3.8, 4) is 22.3 Å². The summed E-state index contributed by atoms with van der Waals surface area (Å²) < 4.78 is 69.1. The Morgan fingerprint density at radius 1 is 0.618 bits per heavy atom. The van der Waals surface area contributed by atoms with Crippen molar-refractivity contribution >= 4 is 42.0 Å². The van der Waals surface area contributed by atoms with Gasteiger partial charge in [-0.15, -0.1) is 0 Å². The molecule has 10 heteroatoms. The molecule has 0 aliphatic rings. The maximum atomic E-state index is 12.4. The van der Waals surface area contributed by atoms with Crippen LogP contribution in [-0.4, -0.2) is 35.9 Å². The Labute approximate surface area is 195 Å². The second-order valence-electron chi connectivity index (χ2n) is 7.52. The Hall–Kier alpha value is -3.70. The Kier molecular flexibility index (Phi) is 5.18. The SMILES string of the molecule is O=S(=O)(O)c1nc2c(ccc3c(-c4ccccc4)ccnc32)c(-c2ccccc2)c1S(=O)(=O)O. The highest BCUT2D eigenvalue weighted by molar-refractivity contribution is 7.89. The number of hydrogen-bond donors (Lipinski definition) is 2. The van der Waals surface area contributed by atoms with E-state index >= 15 is 0 Å². The van der Waals surface area contributed by atoms with E-state index in [-0.39, 0.29) is 16.5 Å². The number of hydrogen-bond acceptors (Lipinski definition) is 6. The van der Waals surface area contributed by atoms with Gasteiger partial charge in [-0.2, -0.15) is 16.8 Å². The number of nitrogens with zero attached hydrogens (tertiary/aromatic N) is 2. The normalized spacial score (nSPS) is 12.3. The molecule has 5 rings (SSSR count). The van der Waals surface area contributed by atoms with E-state index in [0.29, 0.717) is 16.5 Å². The van der Waals surface area contributed by atoms with Gasteiger partial charge in [0.05, 0.1) is 11.0 Å². The van der Waals surface area contributed by atoms with Gasteiger partial charge in [-0.05, 0) is 22.8 Å². The molecule has 0 saturated heterocycles. The van der Waals surface area contributed by atoms with Gasteiger partial charge in [0, 0.05) is 22.5 Å². The summed E-state index contributed by atoms with van der Waals surface area (Å²) in [4.78, 5) is 7.42. The van der Waals surface area contributed by atoms with Crippen molar-refractivity contribution in [2.75, 3.05) is 0 Å². The average Bonchev–Trinajstić information content (AvgIpc) is 2.82. The highest BCUT2D eigenvalue weighted by atomic mass is 32.2. The summed E-state index contributed by atoms with van der Waals surface area (Å²) in [6.45, 7) is 0. The van der Waals surface area contributed by atoms with Crippen LogP contribution in [0.5, 0.6) is 0 Å². The Morgan fingerprint density at radius 3 is 1.79 bits per heavy atom. The molecule has 0 aliphatic heterocycles. The molecular weight excluding hydrogens is 476 g/mol. The molecule has 2 heterocycles. The second kappa shape index (κ2) is 7.96. The zero-order chi connectivity index (χ0) is 24.1. The first-order chi connectivity index (χ1) is 16.2. The molecule has 0 fully saturated rings. The van der Waals surface area contributed by atoms with E-state index in [1.54, 1.807) is 48.5 Å². The smallest absolute Gasteiger partial charge is 0.282 e. The molecule has 0 atom stereocenters. The monoisotopic (exact) mass is 492 g/mol. The number of benzene rings is 3. The van der Waals surface area contributed by atoms with Gasteiger partial charge in [-0.3, -0.25) is 14.1 Å². The zero-order valence-electron chi connectivity index (χ0n) is 17.3. The van der Waals surface area contributed by atoms with Crippen LogP contribution in [0.4, 0.5) is 0 Å². The van der Waals surface area contributed by atoms with E-state index in [1.807, 2.05) is 30.3 Å². The van der Waals surface area contributed by atoms with Crippen LogP contribution in [0, 0.1) is 0 Å². The summed E-state index contributed by atoms with van der Waals surface area (Å²) in [5.41, 5.74) is 2.28. The Balaban J connectivity index is 2.03. The molecule has 2 aromatic heterocycles. The third-order valence-electron chi connectivity index (χ3n) is 5.44. The molecule has 0 radical (unpaired) electrons. The van der Waals surface area contributed by atoms with Gasteiger partial charge in [0.25, 0.3) is 10.1 Å². The van der Waals surface area contributed by atoms with Crippen LogP contribution in [-0.2, 0) is 20.2 Å². The summed E-state index contributed by atoms with van der Waals surface area (Å²) in [6.07, 6.45) is 1.54. The summed E-state index contributed by atoms with van der Waals surface area (Å²) >= 11 is 0. The molecule has 5 aromatic rings. The fraction of sp³-hybridized carbons (Fsp3) is 0. The molecule has 0 saturated carbocycles. The van der Waals surface area contributed by atoms with Gasteiger partial charge in [0.1, 0.15) is 4.90 Å². The molecule has 0 unspecified atom stereocenters. The highest BCUT2D eigenvalue weighted by Crippen LogP contribution is 2.40. The molecular formula is C24H16N2O6S2. The van der Waals surface area contributed by atoms with Crippen molar-refractivity contribution in [1.82, 2.24) is 9.97 Å². The minimum Gasteiger partial charge on any atom is -0.282 e. The zero-order valence-corrected chi connectivity index (χ0v) is 19.0. The standard InChI is InChI=1S/C24H16N2O6S2/c27-33(28,29)23-20(16-9-5-2-6-10-16)19-12-11-18-17(15-7-3-1-4-8-15)13-14-25-21(18)22(19)26-24(23)34(30,31)32/h1-14H,(H,27,28,29)(H,30,31,32). The fourth-order valence-corrected chi connectivity index (χ4v) is 6.00. The predicted molar refractivity (Wildman–Crippen MR) is 128 cm³/mol. The van der Waals surface area contributed by atoms with Crippen LogP contribution in [0.2, 0.25) is 0 Å². The second-order valence-corrected chi connectivity index (χ2v) is 10.2. The first-order valence-corrected chi connectivity index (χ1v) is 12.9. The fourth-order valence-electron chi connectivity index (χ4n) is 4.08. The number of fused-ring (bicyclic) bond motifs is 3. The number of pyridine rings is 2. The van der Waals surface area contributed by atoms with Crippen LogP contribution >= 0.6 is 0 Å². The van der Waals surface area contributed by atoms with E-state index in [4.69, 9.17) is 0 Å². The lowest BCUT2D eigenvalue weighted by atomic mass is 9.96. The first kappa shape index (κ1) is 22.1. The lowest BCUT2D eigenvalue weighted by Crippen LogP contribution is -2.13. The third-order valence-corrected chi connectivity index (χ3v) is 7.27. The summed E-state index contributed by atoms with van der Waals surface area (Å²) in [6, 6.07) is 22.7. The largest absolute Gasteiger partial charge is 0.313 e. The highest BCUT2D eigenvalue weighted by Gasteiger charge is 2.32. The summed E-state index contributed by atoms with van der Waals surface area (Å²) in [5.74, 6) is 0. The summed E-state index contributed by atoms with van der Waals surface area (Å²) in [5, 5.41) is -0.272. The number of aromatic nitrogens is 2. The average molecular weight is 493 g/mol. The van der Waals surface area contributed by atoms with E-state index < -0.39 is 30.2 Å². The van der Waals surface area contributed by atoms with Crippen LogP contribution < -0.4 is 0 Å². The van der Waals surface area contributed by atoms with Gasteiger partial charge in [0.15, 0.2) is 0 Å². The lowest BCUT2D eigenvalue weighted by molar-refractivity contribution is 0.463. The van der Waals surface area contributed by atoms with Gasteiger partial charge in [-0.1, -0.05) is 72.8 Å². The molecule has 3 aromatic carbocycles. The van der Waals surface area contributed by atoms with Crippen LogP contribution in [0.15, 0.2) is 95.0 Å². The van der Waals surface area contributed by atoms with Crippen molar-refractivity contribution < 1.29 is 25.9 Å². The van der Waals surface area contributed by atoms with Crippen molar-refractivity contribution in [3.05, 3.63) is 85.1 Å². The van der Waals surface area contributed by atoms with Gasteiger partial charge < -0.3 is 0 Å². The Morgan fingerprint density at radius 2 is 1.21 bits per heavy atom. The van der Waals surface area contributed by atoms with Crippen molar-refractivity contribution in [2.24, 2.45) is 0 Å². The maximum absolute atomic E-state index is 12.4. The van der Waals surface area contributed by atoms with Crippen molar-refractivity contribution in [2.45, 2.75) is 9.92 Å². The third kappa shape index (κ3) is 3.72. The minimum atomic E-state index is -5.15. The molecule has 34 heavy (non-hydrogen) atoms.